The first-order valence-electron chi connectivity index (χ1n) is 6.25. The Hall–Kier alpha value is -1.93. The topological polar surface area (TPSA) is 91.3 Å². The van der Waals surface area contributed by atoms with E-state index >= 15 is 0 Å². The summed E-state index contributed by atoms with van der Waals surface area (Å²) < 4.78 is 0. The number of nitrogens with one attached hydrogen (secondary N) is 2. The van der Waals surface area contributed by atoms with E-state index in [4.69, 9.17) is 5.11 Å². The zero-order valence-electron chi connectivity index (χ0n) is 11.5. The number of rotatable bonds is 5. The third-order valence-corrected chi connectivity index (χ3v) is 4.58. The van der Waals surface area contributed by atoms with Gasteiger partial charge >= 0.3 is 12.0 Å². The quantitative estimate of drug-likeness (QED) is 0.788. The molecule has 21 heavy (non-hydrogen) atoms. The second-order valence-corrected chi connectivity index (χ2v) is 6.16. The van der Waals surface area contributed by atoms with Gasteiger partial charge in [0.1, 0.15) is 5.01 Å². The molecule has 2 unspecified atom stereocenters. The molecule has 2 aromatic rings. The van der Waals surface area contributed by atoms with Gasteiger partial charge in [-0.25, -0.2) is 14.6 Å². The van der Waals surface area contributed by atoms with Crippen LogP contribution in [0.5, 0.6) is 0 Å². The van der Waals surface area contributed by atoms with E-state index in [0.29, 0.717) is 5.01 Å². The summed E-state index contributed by atoms with van der Waals surface area (Å²) in [5.41, 5.74) is 1.04. The number of hydrogen-bond acceptors (Lipinski definition) is 5. The van der Waals surface area contributed by atoms with Crippen molar-refractivity contribution in [2.45, 2.75) is 25.9 Å². The predicted octanol–water partition coefficient (Wildman–Crippen LogP) is 3.02. The van der Waals surface area contributed by atoms with E-state index in [9.17, 15) is 9.59 Å². The van der Waals surface area contributed by atoms with Gasteiger partial charge in [0.05, 0.1) is 12.1 Å². The molecule has 3 N–H and O–H groups in total. The number of carboxylic acids is 1. The summed E-state index contributed by atoms with van der Waals surface area (Å²) in [5.74, 6) is -1.07. The lowest BCUT2D eigenvalue weighted by Gasteiger charge is -2.16. The Bertz CT molecular complexity index is 624. The molecule has 0 saturated carbocycles. The second kappa shape index (κ2) is 6.68. The van der Waals surface area contributed by atoms with Crippen LogP contribution in [0.25, 0.3) is 0 Å². The first-order chi connectivity index (χ1) is 9.97. The molecule has 0 aliphatic rings. The largest absolute Gasteiger partial charge is 0.476 e. The SMILES string of the molecule is CC(NC(=O)NC(C)c1nc(C(=O)O)cs1)c1ccsc1. The Morgan fingerprint density at radius 1 is 1.24 bits per heavy atom. The van der Waals surface area contributed by atoms with Crippen LogP contribution < -0.4 is 10.6 Å². The van der Waals surface area contributed by atoms with Crippen LogP contribution in [0.2, 0.25) is 0 Å². The summed E-state index contributed by atoms with van der Waals surface area (Å²) in [4.78, 5) is 26.7. The van der Waals surface area contributed by atoms with E-state index in [-0.39, 0.29) is 23.8 Å². The molecule has 0 aliphatic carbocycles. The van der Waals surface area contributed by atoms with Crippen molar-refractivity contribution in [3.63, 3.8) is 0 Å². The molecule has 2 aromatic heterocycles. The minimum atomic E-state index is -1.07. The van der Waals surface area contributed by atoms with Crippen molar-refractivity contribution in [3.8, 4) is 0 Å². The van der Waals surface area contributed by atoms with Crippen molar-refractivity contribution in [1.82, 2.24) is 15.6 Å². The molecular formula is C13H15N3O3S2. The van der Waals surface area contributed by atoms with Crippen LogP contribution in [-0.4, -0.2) is 22.1 Å². The summed E-state index contributed by atoms with van der Waals surface area (Å²) >= 11 is 2.79. The van der Waals surface area contributed by atoms with Crippen LogP contribution in [0, 0.1) is 0 Å². The van der Waals surface area contributed by atoms with Gasteiger partial charge in [-0.2, -0.15) is 11.3 Å². The normalized spacial score (nSPS) is 13.4. The van der Waals surface area contributed by atoms with E-state index in [0.717, 1.165) is 5.56 Å². The highest BCUT2D eigenvalue weighted by Crippen LogP contribution is 2.19. The van der Waals surface area contributed by atoms with E-state index in [1.807, 2.05) is 23.8 Å². The number of hydrogen-bond donors (Lipinski definition) is 3. The summed E-state index contributed by atoms with van der Waals surface area (Å²) in [5, 5.41) is 20.4. The van der Waals surface area contributed by atoms with E-state index in [1.165, 1.54) is 16.7 Å². The Labute approximate surface area is 129 Å². The number of amides is 2. The van der Waals surface area contributed by atoms with Gasteiger partial charge in [-0.1, -0.05) is 0 Å². The van der Waals surface area contributed by atoms with Gasteiger partial charge in [0.15, 0.2) is 5.69 Å². The molecular weight excluding hydrogens is 310 g/mol. The minimum Gasteiger partial charge on any atom is -0.476 e. The van der Waals surface area contributed by atoms with Crippen LogP contribution in [0.3, 0.4) is 0 Å². The average molecular weight is 325 g/mol. The van der Waals surface area contributed by atoms with Crippen molar-refractivity contribution in [3.05, 3.63) is 38.5 Å². The van der Waals surface area contributed by atoms with Gasteiger partial charge < -0.3 is 15.7 Å². The number of aromatic nitrogens is 1. The highest BCUT2D eigenvalue weighted by atomic mass is 32.1. The van der Waals surface area contributed by atoms with Crippen LogP contribution in [0.4, 0.5) is 4.79 Å². The number of nitrogens with zero attached hydrogens (tertiary/aromatic N) is 1. The number of aromatic carboxylic acids is 1. The molecule has 0 aliphatic heterocycles. The van der Waals surface area contributed by atoms with Crippen LogP contribution in [-0.2, 0) is 0 Å². The molecule has 0 radical (unpaired) electrons. The maximum absolute atomic E-state index is 11.9. The van der Waals surface area contributed by atoms with Gasteiger partial charge in [0.25, 0.3) is 0 Å². The monoisotopic (exact) mass is 325 g/mol. The number of urea groups is 1. The van der Waals surface area contributed by atoms with Gasteiger partial charge in [-0.15, -0.1) is 11.3 Å². The lowest BCUT2D eigenvalue weighted by atomic mass is 10.2. The molecule has 0 bridgehead atoms. The van der Waals surface area contributed by atoms with Gasteiger partial charge in [0, 0.05) is 5.38 Å². The van der Waals surface area contributed by atoms with Crippen molar-refractivity contribution < 1.29 is 14.7 Å². The molecule has 2 amide bonds. The Balaban J connectivity index is 1.91. The summed E-state index contributed by atoms with van der Waals surface area (Å²) in [6.45, 7) is 3.66. The molecule has 112 valence electrons. The third-order valence-electron chi connectivity index (χ3n) is 2.85. The lowest BCUT2D eigenvalue weighted by Crippen LogP contribution is -2.38. The third kappa shape index (κ3) is 4.02. The standard InChI is InChI=1S/C13H15N3O3S2/c1-7(9-3-4-20-5-9)14-13(19)15-8(2)11-16-10(6-21-11)12(17)18/h3-8H,1-2H3,(H,17,18)(H2,14,15,19). The molecule has 8 heteroatoms. The number of thiazole rings is 1. The van der Waals surface area contributed by atoms with Crippen LogP contribution >= 0.6 is 22.7 Å². The predicted molar refractivity (Wildman–Crippen MR) is 81.9 cm³/mol. The summed E-state index contributed by atoms with van der Waals surface area (Å²) in [6.07, 6.45) is 0. The van der Waals surface area contributed by atoms with Crippen molar-refractivity contribution in [2.75, 3.05) is 0 Å². The van der Waals surface area contributed by atoms with E-state index < -0.39 is 5.97 Å². The zero-order valence-corrected chi connectivity index (χ0v) is 13.1. The Morgan fingerprint density at radius 3 is 2.52 bits per heavy atom. The van der Waals surface area contributed by atoms with Crippen molar-refractivity contribution in [1.29, 1.82) is 0 Å². The Morgan fingerprint density at radius 2 is 1.95 bits per heavy atom. The number of carbonyl (C=O) groups is 2. The van der Waals surface area contributed by atoms with Crippen LogP contribution in [0.1, 0.15) is 47.0 Å². The second-order valence-electron chi connectivity index (χ2n) is 4.49. The van der Waals surface area contributed by atoms with Gasteiger partial charge in [-0.3, -0.25) is 0 Å². The molecule has 0 saturated heterocycles. The first-order valence-corrected chi connectivity index (χ1v) is 8.07. The highest BCUT2D eigenvalue weighted by molar-refractivity contribution is 7.10. The van der Waals surface area contributed by atoms with Crippen LogP contribution in [0.15, 0.2) is 22.2 Å². The molecule has 6 nitrogen and oxygen atoms in total. The fourth-order valence-corrected chi connectivity index (χ4v) is 3.24. The van der Waals surface area contributed by atoms with E-state index in [1.54, 1.807) is 18.3 Å². The Kier molecular flexibility index (Phi) is 4.92. The number of carboxylic acid groups (broad SMARTS) is 1. The van der Waals surface area contributed by atoms with E-state index in [2.05, 4.69) is 15.6 Å². The zero-order chi connectivity index (χ0) is 15.4. The average Bonchev–Trinajstić information content (AvgIpc) is 3.10. The van der Waals surface area contributed by atoms with Gasteiger partial charge in [0.2, 0.25) is 0 Å². The lowest BCUT2D eigenvalue weighted by molar-refractivity contribution is 0.0691. The molecule has 2 rings (SSSR count). The molecule has 0 fully saturated rings. The van der Waals surface area contributed by atoms with Crippen molar-refractivity contribution in [2.24, 2.45) is 0 Å². The van der Waals surface area contributed by atoms with Crippen molar-refractivity contribution >= 4 is 34.7 Å². The van der Waals surface area contributed by atoms with Gasteiger partial charge in [-0.05, 0) is 36.2 Å². The smallest absolute Gasteiger partial charge is 0.355 e. The maximum Gasteiger partial charge on any atom is 0.355 e. The first kappa shape index (κ1) is 15.5. The fraction of sp³-hybridized carbons (Fsp3) is 0.308. The summed E-state index contributed by atoms with van der Waals surface area (Å²) in [6, 6.07) is 1.21. The summed E-state index contributed by atoms with van der Waals surface area (Å²) in [7, 11) is 0. The number of thiophene rings is 1. The number of carbonyl (C=O) groups excluding carboxylic acids is 1. The molecule has 2 atom stereocenters. The fourth-order valence-electron chi connectivity index (χ4n) is 1.69. The molecule has 2 heterocycles. The minimum absolute atomic E-state index is 0.00398. The maximum atomic E-state index is 11.9. The molecule has 0 spiro atoms. The highest BCUT2D eigenvalue weighted by Gasteiger charge is 2.17. The molecule has 0 aromatic carbocycles.